The van der Waals surface area contributed by atoms with E-state index >= 15 is 0 Å². The van der Waals surface area contributed by atoms with Crippen LogP contribution in [0.1, 0.15) is 41.8 Å². The zero-order valence-electron chi connectivity index (χ0n) is 12.1. The van der Waals surface area contributed by atoms with Gasteiger partial charge in [0, 0.05) is 12.0 Å². The Labute approximate surface area is 127 Å². The number of ketones is 1. The fraction of sp³-hybridized carbons (Fsp3) is 0.312. The number of aliphatic hydroxyl groups is 1. The lowest BCUT2D eigenvalue weighted by atomic mass is 10.00. The average Bonchev–Trinajstić information content (AvgIpc) is 2.46. The van der Waals surface area contributed by atoms with Gasteiger partial charge < -0.3 is 14.6 Å². The first-order valence-electron chi connectivity index (χ1n) is 6.88. The number of ether oxygens (including phenoxy) is 2. The summed E-state index contributed by atoms with van der Waals surface area (Å²) in [7, 11) is 0. The maximum Gasteiger partial charge on any atom is 0.334 e. The number of benzene rings is 1. The standard InChI is InChI=1S/C16H16O6/c1-2-21-15(19)9-13(18)10-3-5-11(6-4-10)14-7-12(17)8-16(20)22-14/h3-6,8,14,17H,2,7,9H2,1H3. The van der Waals surface area contributed by atoms with E-state index in [4.69, 9.17) is 9.47 Å². The molecule has 1 aliphatic rings. The van der Waals surface area contributed by atoms with Gasteiger partial charge in [-0.3, -0.25) is 9.59 Å². The molecule has 0 saturated carbocycles. The molecule has 1 atom stereocenters. The van der Waals surface area contributed by atoms with Crippen molar-refractivity contribution in [3.63, 3.8) is 0 Å². The number of rotatable bonds is 5. The molecule has 2 rings (SSSR count). The van der Waals surface area contributed by atoms with Crippen LogP contribution < -0.4 is 0 Å². The van der Waals surface area contributed by atoms with Gasteiger partial charge in [0.1, 0.15) is 18.3 Å². The summed E-state index contributed by atoms with van der Waals surface area (Å²) in [4.78, 5) is 34.4. The monoisotopic (exact) mass is 304 g/mol. The van der Waals surface area contributed by atoms with Gasteiger partial charge in [-0.2, -0.15) is 0 Å². The van der Waals surface area contributed by atoms with Crippen LogP contribution in [0.5, 0.6) is 0 Å². The Morgan fingerprint density at radius 2 is 2.00 bits per heavy atom. The van der Waals surface area contributed by atoms with Crippen molar-refractivity contribution in [2.75, 3.05) is 6.61 Å². The molecular formula is C16H16O6. The number of hydrogen-bond acceptors (Lipinski definition) is 6. The Morgan fingerprint density at radius 1 is 1.32 bits per heavy atom. The van der Waals surface area contributed by atoms with Gasteiger partial charge in [-0.25, -0.2) is 4.79 Å². The van der Waals surface area contributed by atoms with Crippen molar-refractivity contribution < 1.29 is 29.0 Å². The minimum Gasteiger partial charge on any atom is -0.512 e. The van der Waals surface area contributed by atoms with E-state index in [1.807, 2.05) is 0 Å². The molecule has 116 valence electrons. The highest BCUT2D eigenvalue weighted by Crippen LogP contribution is 2.28. The minimum atomic E-state index is -0.601. The minimum absolute atomic E-state index is 0.0382. The first-order chi connectivity index (χ1) is 10.5. The lowest BCUT2D eigenvalue weighted by Crippen LogP contribution is -2.16. The molecule has 1 unspecified atom stereocenters. The van der Waals surface area contributed by atoms with Gasteiger partial charge in [0.2, 0.25) is 0 Å². The third-order valence-corrected chi connectivity index (χ3v) is 3.15. The number of hydrogen-bond donors (Lipinski definition) is 1. The first kappa shape index (κ1) is 15.8. The fourth-order valence-corrected chi connectivity index (χ4v) is 2.12. The third kappa shape index (κ3) is 3.94. The number of esters is 2. The van der Waals surface area contributed by atoms with Crippen molar-refractivity contribution >= 4 is 17.7 Å². The van der Waals surface area contributed by atoms with E-state index in [-0.39, 0.29) is 31.0 Å². The molecule has 0 aromatic heterocycles. The van der Waals surface area contributed by atoms with Crippen LogP contribution in [0.4, 0.5) is 0 Å². The van der Waals surface area contributed by atoms with E-state index in [9.17, 15) is 19.5 Å². The van der Waals surface area contributed by atoms with Crippen molar-refractivity contribution in [2.45, 2.75) is 25.9 Å². The Bertz CT molecular complexity index is 614. The number of cyclic esters (lactones) is 1. The largest absolute Gasteiger partial charge is 0.512 e. The Morgan fingerprint density at radius 3 is 2.59 bits per heavy atom. The van der Waals surface area contributed by atoms with E-state index in [1.165, 1.54) is 0 Å². The lowest BCUT2D eigenvalue weighted by Gasteiger charge is -2.20. The molecule has 0 saturated heterocycles. The van der Waals surface area contributed by atoms with Crippen LogP contribution in [0.3, 0.4) is 0 Å². The van der Waals surface area contributed by atoms with Crippen LogP contribution in [0.15, 0.2) is 36.1 Å². The molecule has 1 N–H and O–H groups in total. The highest BCUT2D eigenvalue weighted by atomic mass is 16.5. The van der Waals surface area contributed by atoms with Crippen LogP contribution >= 0.6 is 0 Å². The molecule has 0 bridgehead atoms. The Hall–Kier alpha value is -2.63. The normalized spacial score (nSPS) is 17.4. The maximum atomic E-state index is 11.9. The van der Waals surface area contributed by atoms with Crippen molar-refractivity contribution in [2.24, 2.45) is 0 Å². The Balaban J connectivity index is 2.04. The van der Waals surface area contributed by atoms with Gasteiger partial charge in [0.05, 0.1) is 12.7 Å². The summed E-state index contributed by atoms with van der Waals surface area (Å²) in [5.74, 6) is -1.54. The quantitative estimate of drug-likeness (QED) is 0.510. The summed E-state index contributed by atoms with van der Waals surface area (Å²) in [6.45, 7) is 1.90. The molecule has 1 aromatic rings. The first-order valence-corrected chi connectivity index (χ1v) is 6.88. The van der Waals surface area contributed by atoms with Crippen molar-refractivity contribution in [1.82, 2.24) is 0 Å². The van der Waals surface area contributed by atoms with Gasteiger partial charge >= 0.3 is 11.9 Å². The van der Waals surface area contributed by atoms with Crippen molar-refractivity contribution in [1.29, 1.82) is 0 Å². The molecule has 1 aliphatic heterocycles. The highest BCUT2D eigenvalue weighted by molar-refractivity contribution is 6.05. The summed E-state index contributed by atoms with van der Waals surface area (Å²) in [6, 6.07) is 6.38. The lowest BCUT2D eigenvalue weighted by molar-refractivity contribution is -0.145. The molecule has 22 heavy (non-hydrogen) atoms. The van der Waals surface area contributed by atoms with Crippen LogP contribution in [-0.4, -0.2) is 29.4 Å². The zero-order valence-corrected chi connectivity index (χ0v) is 12.1. The summed E-state index contributed by atoms with van der Waals surface area (Å²) in [5, 5.41) is 9.46. The van der Waals surface area contributed by atoms with E-state index in [0.717, 1.165) is 6.08 Å². The molecule has 0 radical (unpaired) electrons. The van der Waals surface area contributed by atoms with Crippen molar-refractivity contribution in [3.05, 3.63) is 47.2 Å². The SMILES string of the molecule is CCOC(=O)CC(=O)c1ccc(C2CC(O)=CC(=O)O2)cc1. The summed E-state index contributed by atoms with van der Waals surface area (Å²) in [5.41, 5.74) is 1.04. The predicted molar refractivity (Wildman–Crippen MR) is 76.2 cm³/mol. The summed E-state index contributed by atoms with van der Waals surface area (Å²) in [6.07, 6.45) is 0.344. The molecule has 6 heteroatoms. The van der Waals surface area contributed by atoms with Crippen LogP contribution in [-0.2, 0) is 19.1 Å². The smallest absolute Gasteiger partial charge is 0.334 e. The molecule has 0 fully saturated rings. The topological polar surface area (TPSA) is 89.9 Å². The van der Waals surface area contributed by atoms with Gasteiger partial charge in [0.15, 0.2) is 5.78 Å². The second-order valence-corrected chi connectivity index (χ2v) is 4.79. The van der Waals surface area contributed by atoms with Crippen LogP contribution in [0.25, 0.3) is 0 Å². The van der Waals surface area contributed by atoms with E-state index in [1.54, 1.807) is 31.2 Å². The Kier molecular flexibility index (Phi) is 4.93. The molecule has 0 spiro atoms. The van der Waals surface area contributed by atoms with Crippen LogP contribution in [0, 0.1) is 0 Å². The van der Waals surface area contributed by atoms with Gasteiger partial charge in [-0.05, 0) is 12.5 Å². The number of aliphatic hydroxyl groups excluding tert-OH is 1. The molecule has 0 aliphatic carbocycles. The zero-order chi connectivity index (χ0) is 16.1. The van der Waals surface area contributed by atoms with Gasteiger partial charge in [0.25, 0.3) is 0 Å². The third-order valence-electron chi connectivity index (χ3n) is 3.15. The maximum absolute atomic E-state index is 11.9. The van der Waals surface area contributed by atoms with Gasteiger partial charge in [-0.1, -0.05) is 24.3 Å². The second kappa shape index (κ2) is 6.89. The molecule has 1 heterocycles. The van der Waals surface area contributed by atoms with Crippen molar-refractivity contribution in [3.8, 4) is 0 Å². The van der Waals surface area contributed by atoms with E-state index in [2.05, 4.69) is 0 Å². The van der Waals surface area contributed by atoms with E-state index < -0.39 is 18.0 Å². The number of carbonyl (C=O) groups excluding carboxylic acids is 3. The van der Waals surface area contributed by atoms with Crippen LogP contribution in [0.2, 0.25) is 0 Å². The summed E-state index contributed by atoms with van der Waals surface area (Å²) < 4.78 is 9.83. The molecule has 0 amide bonds. The molecule has 6 nitrogen and oxygen atoms in total. The number of Topliss-reactive ketones (excluding diaryl/α,β-unsaturated/α-hetero) is 1. The summed E-state index contributed by atoms with van der Waals surface area (Å²) >= 11 is 0. The molecular weight excluding hydrogens is 288 g/mol. The predicted octanol–water partition coefficient (Wildman–Crippen LogP) is 2.25. The number of carbonyl (C=O) groups is 3. The molecule has 1 aromatic carbocycles. The second-order valence-electron chi connectivity index (χ2n) is 4.79. The fourth-order valence-electron chi connectivity index (χ4n) is 2.12. The average molecular weight is 304 g/mol. The van der Waals surface area contributed by atoms with Gasteiger partial charge in [-0.15, -0.1) is 0 Å². The highest BCUT2D eigenvalue weighted by Gasteiger charge is 2.23. The van der Waals surface area contributed by atoms with E-state index in [0.29, 0.717) is 11.1 Å².